The van der Waals surface area contributed by atoms with Crippen molar-refractivity contribution in [3.63, 3.8) is 0 Å². The molecule has 1 aromatic rings. The third-order valence-electron chi connectivity index (χ3n) is 3.88. The summed E-state index contributed by atoms with van der Waals surface area (Å²) in [7, 11) is 0. The van der Waals surface area contributed by atoms with Crippen LogP contribution in [-0.4, -0.2) is 29.3 Å². The predicted molar refractivity (Wildman–Crippen MR) is 79.1 cm³/mol. The van der Waals surface area contributed by atoms with Crippen molar-refractivity contribution < 1.29 is 14.6 Å². The quantitative estimate of drug-likeness (QED) is 0.867. The highest BCUT2D eigenvalue weighted by Gasteiger charge is 2.43. The molecule has 0 amide bonds. The molecule has 1 aliphatic heterocycles. The van der Waals surface area contributed by atoms with Crippen LogP contribution < -0.4 is 5.32 Å². The molecule has 110 valence electrons. The minimum atomic E-state index is -0.911. The molecule has 2 unspecified atom stereocenters. The first-order valence-corrected chi connectivity index (χ1v) is 7.25. The highest BCUT2D eigenvalue weighted by molar-refractivity contribution is 5.83. The highest BCUT2D eigenvalue weighted by atomic mass is 16.5. The molecule has 0 bridgehead atoms. The Kier molecular flexibility index (Phi) is 4.65. The molecule has 2 atom stereocenters. The molecule has 0 radical (unpaired) electrons. The van der Waals surface area contributed by atoms with Crippen LogP contribution in [0.2, 0.25) is 0 Å². The number of carboxylic acids is 1. The van der Waals surface area contributed by atoms with E-state index in [1.165, 1.54) is 0 Å². The van der Waals surface area contributed by atoms with Crippen molar-refractivity contribution in [2.75, 3.05) is 11.9 Å². The molecule has 0 saturated carbocycles. The number of carbonyl (C=O) groups is 1. The summed E-state index contributed by atoms with van der Waals surface area (Å²) in [6.07, 6.45) is 2.96. The summed E-state index contributed by atoms with van der Waals surface area (Å²) in [5.74, 6) is -0.789. The Morgan fingerprint density at radius 1 is 1.55 bits per heavy atom. The van der Waals surface area contributed by atoms with Crippen molar-refractivity contribution in [3.8, 4) is 0 Å². The third kappa shape index (κ3) is 3.31. The van der Waals surface area contributed by atoms with Gasteiger partial charge >= 0.3 is 5.97 Å². The van der Waals surface area contributed by atoms with Gasteiger partial charge in [0.05, 0.1) is 6.10 Å². The summed E-state index contributed by atoms with van der Waals surface area (Å²) in [5.41, 5.74) is 1.07. The number of ether oxygens (including phenoxy) is 1. The van der Waals surface area contributed by atoms with Crippen LogP contribution in [0.1, 0.15) is 38.2 Å². The molecule has 0 spiro atoms. The molecule has 1 aromatic carbocycles. The van der Waals surface area contributed by atoms with E-state index in [0.717, 1.165) is 24.1 Å². The topological polar surface area (TPSA) is 58.6 Å². The van der Waals surface area contributed by atoms with Gasteiger partial charge in [0.25, 0.3) is 0 Å². The Labute approximate surface area is 120 Å². The Balaban J connectivity index is 2.19. The van der Waals surface area contributed by atoms with Crippen LogP contribution in [0, 0.1) is 6.92 Å². The number of benzene rings is 1. The summed E-state index contributed by atoms with van der Waals surface area (Å²) in [6.45, 7) is 4.59. The van der Waals surface area contributed by atoms with Gasteiger partial charge in [-0.15, -0.1) is 0 Å². The SMILES string of the molecule is CCCC1CC(Nc2cccc(C)c2)(C(=O)O)CCO1. The number of anilines is 1. The Bertz CT molecular complexity index is 473. The molecule has 0 aliphatic carbocycles. The monoisotopic (exact) mass is 277 g/mol. The molecule has 0 aromatic heterocycles. The van der Waals surface area contributed by atoms with Crippen molar-refractivity contribution in [1.82, 2.24) is 0 Å². The van der Waals surface area contributed by atoms with Crippen LogP contribution in [0.15, 0.2) is 24.3 Å². The summed E-state index contributed by atoms with van der Waals surface area (Å²) in [4.78, 5) is 11.8. The van der Waals surface area contributed by atoms with Crippen molar-refractivity contribution >= 4 is 11.7 Å². The lowest BCUT2D eigenvalue weighted by Gasteiger charge is -2.39. The molecule has 20 heavy (non-hydrogen) atoms. The van der Waals surface area contributed by atoms with E-state index in [4.69, 9.17) is 4.74 Å². The average Bonchev–Trinajstić information content (AvgIpc) is 2.39. The van der Waals surface area contributed by atoms with Gasteiger partial charge in [0.1, 0.15) is 5.54 Å². The van der Waals surface area contributed by atoms with Crippen molar-refractivity contribution in [3.05, 3.63) is 29.8 Å². The van der Waals surface area contributed by atoms with Crippen LogP contribution in [0.4, 0.5) is 5.69 Å². The lowest BCUT2D eigenvalue weighted by atomic mass is 9.85. The fourth-order valence-corrected chi connectivity index (χ4v) is 2.82. The van der Waals surface area contributed by atoms with E-state index in [2.05, 4.69) is 12.2 Å². The lowest BCUT2D eigenvalue weighted by Crippen LogP contribution is -2.53. The predicted octanol–water partition coefficient (Wildman–Crippen LogP) is 3.21. The van der Waals surface area contributed by atoms with E-state index in [9.17, 15) is 9.90 Å². The standard InChI is InChI=1S/C16H23NO3/c1-3-5-14-11-16(15(18)19,8-9-20-14)17-13-7-4-6-12(2)10-13/h4,6-7,10,14,17H,3,5,8-9,11H2,1-2H3,(H,18,19). The van der Waals surface area contributed by atoms with E-state index in [1.54, 1.807) is 0 Å². The van der Waals surface area contributed by atoms with E-state index in [1.807, 2.05) is 31.2 Å². The fraction of sp³-hybridized carbons (Fsp3) is 0.562. The van der Waals surface area contributed by atoms with E-state index in [0.29, 0.717) is 19.4 Å². The maximum atomic E-state index is 11.8. The number of hydrogen-bond donors (Lipinski definition) is 2. The van der Waals surface area contributed by atoms with Crippen LogP contribution in [0.25, 0.3) is 0 Å². The van der Waals surface area contributed by atoms with Gasteiger partial charge in [-0.2, -0.15) is 0 Å². The van der Waals surface area contributed by atoms with Crippen LogP contribution in [-0.2, 0) is 9.53 Å². The Morgan fingerprint density at radius 2 is 2.35 bits per heavy atom. The number of aryl methyl sites for hydroxylation is 1. The molecular weight excluding hydrogens is 254 g/mol. The first-order chi connectivity index (χ1) is 9.55. The lowest BCUT2D eigenvalue weighted by molar-refractivity contribution is -0.148. The molecule has 2 rings (SSSR count). The zero-order valence-corrected chi connectivity index (χ0v) is 12.2. The number of nitrogens with one attached hydrogen (secondary N) is 1. The summed E-state index contributed by atoms with van der Waals surface area (Å²) in [6, 6.07) is 7.84. The van der Waals surface area contributed by atoms with Gasteiger partial charge in [-0.25, -0.2) is 4.79 Å². The second-order valence-corrected chi connectivity index (χ2v) is 5.62. The van der Waals surface area contributed by atoms with Gasteiger partial charge in [0, 0.05) is 25.1 Å². The largest absolute Gasteiger partial charge is 0.480 e. The van der Waals surface area contributed by atoms with Gasteiger partial charge in [0.15, 0.2) is 0 Å². The maximum absolute atomic E-state index is 11.8. The molecule has 1 heterocycles. The van der Waals surface area contributed by atoms with Crippen molar-refractivity contribution in [1.29, 1.82) is 0 Å². The minimum Gasteiger partial charge on any atom is -0.480 e. The fourth-order valence-electron chi connectivity index (χ4n) is 2.82. The van der Waals surface area contributed by atoms with Crippen LogP contribution in [0.3, 0.4) is 0 Å². The van der Waals surface area contributed by atoms with Gasteiger partial charge in [-0.1, -0.05) is 25.5 Å². The molecule has 1 aliphatic rings. The Morgan fingerprint density at radius 3 is 3.00 bits per heavy atom. The van der Waals surface area contributed by atoms with Gasteiger partial charge < -0.3 is 15.2 Å². The maximum Gasteiger partial charge on any atom is 0.329 e. The zero-order chi connectivity index (χ0) is 14.6. The van der Waals surface area contributed by atoms with Gasteiger partial charge in [-0.05, 0) is 31.0 Å². The molecule has 4 heteroatoms. The molecular formula is C16H23NO3. The number of hydrogen-bond acceptors (Lipinski definition) is 3. The second kappa shape index (κ2) is 6.27. The molecule has 1 saturated heterocycles. The first kappa shape index (κ1) is 14.9. The second-order valence-electron chi connectivity index (χ2n) is 5.62. The van der Waals surface area contributed by atoms with E-state index in [-0.39, 0.29) is 6.10 Å². The summed E-state index contributed by atoms with van der Waals surface area (Å²) in [5, 5.41) is 12.9. The van der Waals surface area contributed by atoms with Gasteiger partial charge in [-0.3, -0.25) is 0 Å². The van der Waals surface area contributed by atoms with Gasteiger partial charge in [0.2, 0.25) is 0 Å². The summed E-state index contributed by atoms with van der Waals surface area (Å²) < 4.78 is 5.68. The smallest absolute Gasteiger partial charge is 0.329 e. The molecule has 4 nitrogen and oxygen atoms in total. The average molecular weight is 277 g/mol. The normalized spacial score (nSPS) is 26.2. The summed E-state index contributed by atoms with van der Waals surface area (Å²) >= 11 is 0. The Hall–Kier alpha value is -1.55. The number of aliphatic carboxylic acids is 1. The van der Waals surface area contributed by atoms with Crippen molar-refractivity contribution in [2.45, 2.75) is 51.2 Å². The first-order valence-electron chi connectivity index (χ1n) is 7.25. The number of rotatable bonds is 5. The minimum absolute atomic E-state index is 0.0298. The highest BCUT2D eigenvalue weighted by Crippen LogP contribution is 2.31. The van der Waals surface area contributed by atoms with Crippen LogP contribution in [0.5, 0.6) is 0 Å². The third-order valence-corrected chi connectivity index (χ3v) is 3.88. The van der Waals surface area contributed by atoms with E-state index >= 15 is 0 Å². The molecule has 1 fully saturated rings. The molecule has 2 N–H and O–H groups in total. The van der Waals surface area contributed by atoms with Crippen molar-refractivity contribution in [2.24, 2.45) is 0 Å². The zero-order valence-electron chi connectivity index (χ0n) is 12.2. The van der Waals surface area contributed by atoms with E-state index < -0.39 is 11.5 Å². The van der Waals surface area contributed by atoms with Crippen LogP contribution >= 0.6 is 0 Å². The number of carboxylic acid groups (broad SMARTS) is 1.